The molecule has 0 bridgehead atoms. The molecule has 0 amide bonds. The van der Waals surface area contributed by atoms with Gasteiger partial charge in [0.25, 0.3) is 11.4 Å². The molecule has 0 N–H and O–H groups in total. The van der Waals surface area contributed by atoms with Crippen LogP contribution in [0.3, 0.4) is 0 Å². The minimum Gasteiger partial charge on any atom is -0.494 e. The van der Waals surface area contributed by atoms with Crippen molar-refractivity contribution < 1.29 is 76.5 Å². The number of hydrogen-bond donors (Lipinski definition) is 0. The standard InChI is InChI=1S/C75H82N2O18/c1-4-6-8-10-12-14-16-18-20-22-47-88-60-39-31-56(32-40-60)70(78)92-62-43-45-68(66(49-62)72(80)90-51-54-27-35-58(36-28-54)76(84)85)94-74(82)64-25-24-26-65(53(64)3)75(83)95-69-46-44-63(50-67(69)73(81)91-52-55-29-37-59(38-30-55)77(86)87)93-71(79)57-33-41-61(42-34-57)89-48-23-21-19-17-15-13-11-9-7-5-2/h24-46,49-50H,4-23,47-48,51-52H2,1-3H3. The third kappa shape index (κ3) is 23.7. The fraction of sp³-hybridized carbons (Fsp3) is 0.360. The van der Waals surface area contributed by atoms with E-state index in [2.05, 4.69) is 13.8 Å². The smallest absolute Gasteiger partial charge is 0.343 e. The van der Waals surface area contributed by atoms with Gasteiger partial charge in [-0.05, 0) is 158 Å². The Kier molecular flexibility index (Phi) is 29.4. The maximum atomic E-state index is 14.2. The summed E-state index contributed by atoms with van der Waals surface area (Å²) in [7, 11) is 0. The van der Waals surface area contributed by atoms with Crippen molar-refractivity contribution in [1.82, 2.24) is 0 Å². The van der Waals surface area contributed by atoms with E-state index >= 15 is 0 Å². The number of rotatable bonds is 40. The Morgan fingerprint density at radius 1 is 0.347 bits per heavy atom. The number of hydrogen-bond acceptors (Lipinski definition) is 18. The summed E-state index contributed by atoms with van der Waals surface area (Å²) in [6, 6.07) is 34.8. The number of ether oxygens (including phenoxy) is 8. The highest BCUT2D eigenvalue weighted by molar-refractivity contribution is 6.02. The highest BCUT2D eigenvalue weighted by Gasteiger charge is 2.26. The Hall–Kier alpha value is -10.2. The van der Waals surface area contributed by atoms with Crippen LogP contribution in [0, 0.1) is 27.2 Å². The van der Waals surface area contributed by atoms with Crippen LogP contribution >= 0.6 is 0 Å². The van der Waals surface area contributed by atoms with Crippen LogP contribution in [0.2, 0.25) is 0 Å². The van der Waals surface area contributed by atoms with Crippen molar-refractivity contribution in [1.29, 1.82) is 0 Å². The highest BCUT2D eigenvalue weighted by Crippen LogP contribution is 2.32. The zero-order valence-corrected chi connectivity index (χ0v) is 54.1. The molecule has 0 unspecified atom stereocenters. The number of carbonyl (C=O) groups excluding carboxylic acids is 6. The first-order valence-electron chi connectivity index (χ1n) is 32.6. The Morgan fingerprint density at radius 2 is 0.674 bits per heavy atom. The van der Waals surface area contributed by atoms with Crippen LogP contribution in [-0.2, 0) is 22.7 Å². The van der Waals surface area contributed by atoms with E-state index in [4.69, 9.17) is 37.9 Å². The van der Waals surface area contributed by atoms with Crippen LogP contribution in [-0.4, -0.2) is 58.9 Å². The van der Waals surface area contributed by atoms with E-state index in [0.717, 1.165) is 50.7 Å². The molecule has 20 nitrogen and oxygen atoms in total. The highest BCUT2D eigenvalue weighted by atomic mass is 16.6. The molecule has 0 heterocycles. The lowest BCUT2D eigenvalue weighted by Crippen LogP contribution is -2.18. The molecule has 7 aromatic carbocycles. The summed E-state index contributed by atoms with van der Waals surface area (Å²) in [4.78, 5) is 105. The number of carbonyl (C=O) groups is 6. The molecule has 0 saturated heterocycles. The molecule has 0 atom stereocenters. The van der Waals surface area contributed by atoms with Gasteiger partial charge in [-0.1, -0.05) is 135 Å². The van der Waals surface area contributed by atoms with Crippen molar-refractivity contribution in [3.63, 3.8) is 0 Å². The predicted octanol–water partition coefficient (Wildman–Crippen LogP) is 18.0. The zero-order chi connectivity index (χ0) is 67.7. The second-order valence-corrected chi connectivity index (χ2v) is 23.0. The summed E-state index contributed by atoms with van der Waals surface area (Å²) in [5.74, 6) is -5.45. The van der Waals surface area contributed by atoms with Gasteiger partial charge in [-0.15, -0.1) is 0 Å². The number of non-ortho nitro benzene ring substituents is 2. The maximum Gasteiger partial charge on any atom is 0.343 e. The van der Waals surface area contributed by atoms with Gasteiger partial charge in [0.2, 0.25) is 0 Å². The summed E-state index contributed by atoms with van der Waals surface area (Å²) in [6.07, 6.45) is 23.9. The van der Waals surface area contributed by atoms with Crippen LogP contribution in [0.1, 0.15) is 221 Å². The third-order valence-corrected chi connectivity index (χ3v) is 15.7. The zero-order valence-electron chi connectivity index (χ0n) is 54.1. The second kappa shape index (κ2) is 38.7. The summed E-state index contributed by atoms with van der Waals surface area (Å²) in [5.41, 5.74) is -0.201. The van der Waals surface area contributed by atoms with Gasteiger partial charge in [-0.25, -0.2) is 28.8 Å². The molecule has 0 aliphatic rings. The van der Waals surface area contributed by atoms with Gasteiger partial charge in [-0.2, -0.15) is 0 Å². The van der Waals surface area contributed by atoms with Crippen molar-refractivity contribution in [2.24, 2.45) is 0 Å². The van der Waals surface area contributed by atoms with Crippen LogP contribution in [0.5, 0.6) is 34.5 Å². The average Bonchev–Trinajstić information content (AvgIpc) is 0.830. The van der Waals surface area contributed by atoms with Crippen molar-refractivity contribution in [2.75, 3.05) is 13.2 Å². The van der Waals surface area contributed by atoms with Crippen LogP contribution in [0.25, 0.3) is 0 Å². The number of esters is 6. The lowest BCUT2D eigenvalue weighted by molar-refractivity contribution is -0.385. The van der Waals surface area contributed by atoms with Gasteiger partial charge in [0.05, 0.1) is 45.3 Å². The van der Waals surface area contributed by atoms with Gasteiger partial charge in [0.15, 0.2) is 0 Å². The minimum absolute atomic E-state index is 0.0497. The molecule has 0 saturated carbocycles. The monoisotopic (exact) mass is 1300 g/mol. The fourth-order valence-electron chi connectivity index (χ4n) is 10.2. The van der Waals surface area contributed by atoms with Crippen LogP contribution in [0.15, 0.2) is 152 Å². The number of nitrogens with zero attached hydrogens (tertiary/aromatic N) is 2. The van der Waals surface area contributed by atoms with Crippen molar-refractivity contribution in [2.45, 2.75) is 162 Å². The van der Waals surface area contributed by atoms with E-state index in [9.17, 15) is 49.0 Å². The molecule has 95 heavy (non-hydrogen) atoms. The SMILES string of the molecule is CCCCCCCCCCCCOc1ccc(C(=O)Oc2ccc(OC(=O)c3cccc(C(=O)Oc4ccc(OC(=O)c5ccc(OCCCCCCCCCCCC)cc5)cc4C(=O)OCc4ccc([N+](=O)[O-])cc4)c3C)c(C(=O)OCc3ccc([N+](=O)[O-])cc3)c2)cc1. The Bertz CT molecular complexity index is 3440. The molecule has 0 aliphatic heterocycles. The molecular weight excluding hydrogens is 1220 g/mol. The molecule has 0 fully saturated rings. The van der Waals surface area contributed by atoms with Gasteiger partial charge in [0.1, 0.15) is 58.8 Å². The summed E-state index contributed by atoms with van der Waals surface area (Å²) in [5, 5.41) is 22.6. The van der Waals surface area contributed by atoms with Gasteiger partial charge >= 0.3 is 35.8 Å². The van der Waals surface area contributed by atoms with E-state index in [-0.39, 0.29) is 86.5 Å². The number of unbranched alkanes of at least 4 members (excludes halogenated alkanes) is 18. The molecular formula is C75H82N2O18. The van der Waals surface area contributed by atoms with Gasteiger partial charge in [-0.3, -0.25) is 20.2 Å². The van der Waals surface area contributed by atoms with Crippen LogP contribution < -0.4 is 28.4 Å². The van der Waals surface area contributed by atoms with Crippen molar-refractivity contribution >= 4 is 47.2 Å². The van der Waals surface area contributed by atoms with E-state index < -0.39 is 45.7 Å². The Balaban J connectivity index is 1.02. The molecule has 0 aliphatic carbocycles. The van der Waals surface area contributed by atoms with Crippen molar-refractivity contribution in [3.8, 4) is 34.5 Å². The summed E-state index contributed by atoms with van der Waals surface area (Å²) < 4.78 is 46.0. The molecule has 0 spiro atoms. The quantitative estimate of drug-likeness (QED) is 0.0114. The first kappa shape index (κ1) is 72.2. The molecule has 0 aromatic heterocycles. The van der Waals surface area contributed by atoms with E-state index in [1.165, 1.54) is 188 Å². The number of nitro groups is 2. The van der Waals surface area contributed by atoms with E-state index in [0.29, 0.717) is 35.8 Å². The van der Waals surface area contributed by atoms with Gasteiger partial charge in [0, 0.05) is 24.3 Å². The lowest BCUT2D eigenvalue weighted by atomic mass is 10.0. The van der Waals surface area contributed by atoms with E-state index in [1.807, 2.05) is 0 Å². The molecule has 7 aromatic rings. The first-order chi connectivity index (χ1) is 46.1. The largest absolute Gasteiger partial charge is 0.494 e. The summed E-state index contributed by atoms with van der Waals surface area (Å²) >= 11 is 0. The topological polar surface area (TPSA) is 263 Å². The Morgan fingerprint density at radius 3 is 1.01 bits per heavy atom. The lowest BCUT2D eigenvalue weighted by Gasteiger charge is -2.15. The first-order valence-corrected chi connectivity index (χ1v) is 32.6. The normalized spacial score (nSPS) is 10.9. The molecule has 500 valence electrons. The fourth-order valence-corrected chi connectivity index (χ4v) is 10.2. The third-order valence-electron chi connectivity index (χ3n) is 15.7. The molecule has 7 rings (SSSR count). The van der Waals surface area contributed by atoms with Gasteiger partial charge < -0.3 is 37.9 Å². The average molecular weight is 1300 g/mol. The summed E-state index contributed by atoms with van der Waals surface area (Å²) in [6.45, 7) is 6.21. The minimum atomic E-state index is -1.05. The van der Waals surface area contributed by atoms with Crippen LogP contribution in [0.4, 0.5) is 11.4 Å². The van der Waals surface area contributed by atoms with E-state index in [1.54, 1.807) is 48.5 Å². The Labute approximate surface area is 553 Å². The predicted molar refractivity (Wildman–Crippen MR) is 356 cm³/mol. The second-order valence-electron chi connectivity index (χ2n) is 23.0. The van der Waals surface area contributed by atoms with Crippen molar-refractivity contribution in [3.05, 3.63) is 222 Å². The molecule has 20 heteroatoms. The number of nitro benzene ring substituents is 2. The molecule has 0 radical (unpaired) electrons. The maximum absolute atomic E-state index is 14.2. The number of benzene rings is 7.